The molecular formula is C12H21F3. The first-order valence-corrected chi connectivity index (χ1v) is 5.57. The van der Waals surface area contributed by atoms with Crippen LogP contribution in [0.5, 0.6) is 0 Å². The van der Waals surface area contributed by atoms with E-state index in [1.165, 1.54) is 0 Å². The zero-order chi connectivity index (χ0) is 12.1. The van der Waals surface area contributed by atoms with Crippen molar-refractivity contribution in [1.29, 1.82) is 0 Å². The molecule has 0 bridgehead atoms. The fourth-order valence-electron chi connectivity index (χ4n) is 2.72. The van der Waals surface area contributed by atoms with E-state index in [1.54, 1.807) is 13.8 Å². The molecule has 0 heterocycles. The molecule has 2 atom stereocenters. The van der Waals surface area contributed by atoms with Crippen molar-refractivity contribution in [3.63, 3.8) is 0 Å². The van der Waals surface area contributed by atoms with Crippen LogP contribution in [0.3, 0.4) is 0 Å². The molecule has 0 nitrogen and oxygen atoms in total. The molecule has 1 saturated carbocycles. The van der Waals surface area contributed by atoms with E-state index in [2.05, 4.69) is 0 Å². The normalized spacial score (nSPS) is 32.2. The van der Waals surface area contributed by atoms with Crippen LogP contribution in [0.4, 0.5) is 13.2 Å². The fraction of sp³-hybridized carbons (Fsp3) is 1.00. The maximum Gasteiger partial charge on any atom is 0.395 e. The van der Waals surface area contributed by atoms with Gasteiger partial charge in [-0.05, 0) is 30.1 Å². The molecule has 1 rings (SSSR count). The highest BCUT2D eigenvalue weighted by Gasteiger charge is 2.71. The van der Waals surface area contributed by atoms with Crippen LogP contribution >= 0.6 is 0 Å². The molecular weight excluding hydrogens is 201 g/mol. The van der Waals surface area contributed by atoms with Crippen molar-refractivity contribution in [2.45, 2.75) is 53.6 Å². The first-order valence-electron chi connectivity index (χ1n) is 5.57. The molecule has 1 aliphatic rings. The van der Waals surface area contributed by atoms with Crippen LogP contribution in [-0.4, -0.2) is 6.18 Å². The van der Waals surface area contributed by atoms with E-state index in [9.17, 15) is 13.2 Å². The summed E-state index contributed by atoms with van der Waals surface area (Å²) in [5.74, 6) is -0.470. The number of halogens is 3. The molecule has 0 aliphatic heterocycles. The third-order valence-electron chi connectivity index (χ3n) is 3.57. The number of hydrogen-bond acceptors (Lipinski definition) is 0. The quantitative estimate of drug-likeness (QED) is 0.638. The van der Waals surface area contributed by atoms with Crippen LogP contribution in [0.15, 0.2) is 0 Å². The average Bonchev–Trinajstić information content (AvgIpc) is 2.57. The predicted molar refractivity (Wildman–Crippen MR) is 55.5 cm³/mol. The van der Waals surface area contributed by atoms with E-state index < -0.39 is 11.6 Å². The van der Waals surface area contributed by atoms with Gasteiger partial charge in [0.1, 0.15) is 0 Å². The monoisotopic (exact) mass is 222 g/mol. The Labute approximate surface area is 90.2 Å². The van der Waals surface area contributed by atoms with Crippen molar-refractivity contribution in [3.8, 4) is 0 Å². The Kier molecular flexibility index (Phi) is 2.91. The van der Waals surface area contributed by atoms with Crippen molar-refractivity contribution in [2.24, 2.45) is 22.7 Å². The standard InChI is InChI=1S/C12H21F3/c1-8(2)11(12(13,14)15)7-9(11)6-10(3,4)5/h8-9H,6-7H2,1-5H3. The molecule has 0 saturated heterocycles. The summed E-state index contributed by atoms with van der Waals surface area (Å²) >= 11 is 0. The van der Waals surface area contributed by atoms with Crippen molar-refractivity contribution in [2.75, 3.05) is 0 Å². The second-order valence-electron chi connectivity index (χ2n) is 6.36. The van der Waals surface area contributed by atoms with Gasteiger partial charge in [-0.15, -0.1) is 0 Å². The number of alkyl halides is 3. The van der Waals surface area contributed by atoms with Crippen molar-refractivity contribution < 1.29 is 13.2 Å². The minimum Gasteiger partial charge on any atom is -0.170 e. The topological polar surface area (TPSA) is 0 Å². The highest BCUT2D eigenvalue weighted by Crippen LogP contribution is 2.69. The summed E-state index contributed by atoms with van der Waals surface area (Å²) in [6.45, 7) is 9.40. The van der Waals surface area contributed by atoms with Gasteiger partial charge in [0.15, 0.2) is 0 Å². The van der Waals surface area contributed by atoms with E-state index in [0.29, 0.717) is 12.8 Å². The highest BCUT2D eigenvalue weighted by molar-refractivity contribution is 5.09. The van der Waals surface area contributed by atoms with Gasteiger partial charge in [0.25, 0.3) is 0 Å². The zero-order valence-corrected chi connectivity index (χ0v) is 10.2. The Bertz CT molecular complexity index is 234. The Morgan fingerprint density at radius 1 is 1.20 bits per heavy atom. The summed E-state index contributed by atoms with van der Waals surface area (Å²) in [4.78, 5) is 0. The van der Waals surface area contributed by atoms with Gasteiger partial charge >= 0.3 is 6.18 Å². The Morgan fingerprint density at radius 2 is 1.67 bits per heavy atom. The fourth-order valence-corrected chi connectivity index (χ4v) is 2.72. The molecule has 0 aromatic rings. The summed E-state index contributed by atoms with van der Waals surface area (Å²) in [5.41, 5.74) is -1.40. The number of hydrogen-bond donors (Lipinski definition) is 0. The average molecular weight is 222 g/mol. The van der Waals surface area contributed by atoms with Crippen LogP contribution in [-0.2, 0) is 0 Å². The molecule has 0 radical (unpaired) electrons. The molecule has 0 spiro atoms. The molecule has 15 heavy (non-hydrogen) atoms. The lowest BCUT2D eigenvalue weighted by Gasteiger charge is -2.27. The molecule has 0 amide bonds. The van der Waals surface area contributed by atoms with Crippen molar-refractivity contribution >= 4 is 0 Å². The van der Waals surface area contributed by atoms with Crippen LogP contribution in [0.25, 0.3) is 0 Å². The van der Waals surface area contributed by atoms with Gasteiger partial charge in [0.05, 0.1) is 5.41 Å². The Balaban J connectivity index is 2.77. The first kappa shape index (κ1) is 12.9. The zero-order valence-electron chi connectivity index (χ0n) is 10.2. The van der Waals surface area contributed by atoms with Gasteiger partial charge < -0.3 is 0 Å². The molecule has 0 N–H and O–H groups in total. The lowest BCUT2D eigenvalue weighted by atomic mass is 9.82. The van der Waals surface area contributed by atoms with Gasteiger partial charge in [0.2, 0.25) is 0 Å². The Morgan fingerprint density at radius 3 is 1.87 bits per heavy atom. The molecule has 0 aromatic heterocycles. The van der Waals surface area contributed by atoms with Crippen LogP contribution in [0.2, 0.25) is 0 Å². The molecule has 0 aromatic carbocycles. The third kappa shape index (κ3) is 2.31. The van der Waals surface area contributed by atoms with E-state index in [4.69, 9.17) is 0 Å². The van der Waals surface area contributed by atoms with Crippen molar-refractivity contribution in [3.05, 3.63) is 0 Å². The van der Waals surface area contributed by atoms with Crippen LogP contribution in [0.1, 0.15) is 47.5 Å². The summed E-state index contributed by atoms with van der Waals surface area (Å²) in [5, 5.41) is 0. The number of rotatable bonds is 2. The summed E-state index contributed by atoms with van der Waals surface area (Å²) in [7, 11) is 0. The van der Waals surface area contributed by atoms with Gasteiger partial charge in [-0.2, -0.15) is 13.2 Å². The van der Waals surface area contributed by atoms with Gasteiger partial charge in [0, 0.05) is 0 Å². The molecule has 1 fully saturated rings. The van der Waals surface area contributed by atoms with E-state index in [-0.39, 0.29) is 17.3 Å². The van der Waals surface area contributed by atoms with E-state index in [1.807, 2.05) is 20.8 Å². The van der Waals surface area contributed by atoms with Crippen molar-refractivity contribution in [1.82, 2.24) is 0 Å². The SMILES string of the molecule is CC(C)C1(C(F)(F)F)CC1CC(C)(C)C. The third-order valence-corrected chi connectivity index (χ3v) is 3.57. The van der Waals surface area contributed by atoms with Crippen LogP contribution in [0, 0.1) is 22.7 Å². The molecule has 1 aliphatic carbocycles. The van der Waals surface area contributed by atoms with E-state index >= 15 is 0 Å². The van der Waals surface area contributed by atoms with Gasteiger partial charge in [-0.3, -0.25) is 0 Å². The maximum absolute atomic E-state index is 13.0. The lowest BCUT2D eigenvalue weighted by molar-refractivity contribution is -0.205. The second kappa shape index (κ2) is 3.39. The summed E-state index contributed by atoms with van der Waals surface area (Å²) in [6, 6.07) is 0. The molecule has 90 valence electrons. The maximum atomic E-state index is 13.0. The minimum atomic E-state index is -4.03. The highest BCUT2D eigenvalue weighted by atomic mass is 19.4. The van der Waals surface area contributed by atoms with E-state index in [0.717, 1.165) is 0 Å². The largest absolute Gasteiger partial charge is 0.395 e. The molecule has 3 heteroatoms. The molecule has 2 unspecified atom stereocenters. The smallest absolute Gasteiger partial charge is 0.170 e. The van der Waals surface area contributed by atoms with Gasteiger partial charge in [-0.1, -0.05) is 34.6 Å². The van der Waals surface area contributed by atoms with Gasteiger partial charge in [-0.25, -0.2) is 0 Å². The summed E-state index contributed by atoms with van der Waals surface area (Å²) < 4.78 is 38.9. The summed E-state index contributed by atoms with van der Waals surface area (Å²) in [6.07, 6.45) is -3.03. The first-order chi connectivity index (χ1) is 6.51. The Hall–Kier alpha value is -0.210. The second-order valence-corrected chi connectivity index (χ2v) is 6.36. The van der Waals surface area contributed by atoms with Crippen LogP contribution < -0.4 is 0 Å². The minimum absolute atomic E-state index is 0.00738. The lowest BCUT2D eigenvalue weighted by Crippen LogP contribution is -2.32. The predicted octanol–water partition coefficient (Wildman–Crippen LogP) is 4.65.